The number of benzene rings is 1. The summed E-state index contributed by atoms with van der Waals surface area (Å²) in [4.78, 5) is 18.6. The Hall–Kier alpha value is -1.59. The van der Waals surface area contributed by atoms with Gasteiger partial charge in [0.2, 0.25) is 0 Å². The molecule has 9 heteroatoms. The third kappa shape index (κ3) is 8.46. The van der Waals surface area contributed by atoms with Crippen molar-refractivity contribution in [1.82, 2.24) is 10.6 Å². The second kappa shape index (κ2) is 14.5. The van der Waals surface area contributed by atoms with Gasteiger partial charge in [0.15, 0.2) is 12.6 Å². The van der Waals surface area contributed by atoms with E-state index in [-0.39, 0.29) is 36.5 Å². The fourth-order valence-electron chi connectivity index (χ4n) is 3.51. The number of halogens is 1. The Morgan fingerprint density at radius 1 is 1.29 bits per heavy atom. The highest BCUT2D eigenvalue weighted by molar-refractivity contribution is 14.0. The molecule has 1 aromatic carbocycles. The van der Waals surface area contributed by atoms with Gasteiger partial charge in [0.25, 0.3) is 5.91 Å². The minimum Gasteiger partial charge on any atom is -0.482 e. The smallest absolute Gasteiger partial charge is 0.265 e. The molecule has 0 saturated carbocycles. The molecule has 3 rings (SSSR count). The number of nitrogens with zero attached hydrogens (tertiary/aromatic N) is 2. The van der Waals surface area contributed by atoms with Crippen molar-refractivity contribution in [3.05, 3.63) is 24.3 Å². The van der Waals surface area contributed by atoms with Crippen LogP contribution in [0.15, 0.2) is 29.3 Å². The lowest BCUT2D eigenvalue weighted by Crippen LogP contribution is -2.40. The van der Waals surface area contributed by atoms with E-state index in [0.29, 0.717) is 19.0 Å². The maximum absolute atomic E-state index is 12.2. The molecule has 1 saturated heterocycles. The zero-order chi connectivity index (χ0) is 21.0. The van der Waals surface area contributed by atoms with E-state index in [2.05, 4.69) is 15.6 Å². The number of carbonyl (C=O) groups is 1. The summed E-state index contributed by atoms with van der Waals surface area (Å²) < 4.78 is 16.6. The van der Waals surface area contributed by atoms with E-state index < -0.39 is 0 Å². The second-order valence-electron chi connectivity index (χ2n) is 7.50. The maximum Gasteiger partial charge on any atom is 0.265 e. The lowest BCUT2D eigenvalue weighted by molar-refractivity contribution is -0.121. The molecule has 1 aromatic rings. The molecular weight excluding hydrogens is 511 g/mol. The monoisotopic (exact) mass is 546 g/mol. The van der Waals surface area contributed by atoms with E-state index in [1.54, 1.807) is 4.90 Å². The molecule has 0 aromatic heterocycles. The van der Waals surface area contributed by atoms with Crippen LogP contribution in [-0.4, -0.2) is 71.1 Å². The van der Waals surface area contributed by atoms with Crippen LogP contribution in [0.5, 0.6) is 5.75 Å². The predicted molar refractivity (Wildman–Crippen MR) is 133 cm³/mol. The van der Waals surface area contributed by atoms with Crippen molar-refractivity contribution in [2.45, 2.75) is 26.2 Å². The molecule has 1 fully saturated rings. The molecule has 1 amide bonds. The first-order valence-electron chi connectivity index (χ1n) is 11.0. The van der Waals surface area contributed by atoms with Crippen LogP contribution in [0.1, 0.15) is 26.2 Å². The van der Waals surface area contributed by atoms with E-state index in [1.807, 2.05) is 31.2 Å². The van der Waals surface area contributed by atoms with Crippen molar-refractivity contribution in [3.8, 4) is 5.75 Å². The molecule has 0 radical (unpaired) electrons. The van der Waals surface area contributed by atoms with Gasteiger partial charge < -0.3 is 29.7 Å². The number of ether oxygens (including phenoxy) is 3. The first-order valence-corrected chi connectivity index (χ1v) is 11.0. The largest absolute Gasteiger partial charge is 0.482 e. The van der Waals surface area contributed by atoms with E-state index in [4.69, 9.17) is 14.2 Å². The van der Waals surface area contributed by atoms with Gasteiger partial charge >= 0.3 is 0 Å². The number of hydrogen-bond acceptors (Lipinski definition) is 5. The van der Waals surface area contributed by atoms with Gasteiger partial charge in [0.05, 0.1) is 18.9 Å². The van der Waals surface area contributed by atoms with Crippen molar-refractivity contribution in [1.29, 1.82) is 0 Å². The third-order valence-electron chi connectivity index (χ3n) is 5.10. The fourth-order valence-corrected chi connectivity index (χ4v) is 3.51. The van der Waals surface area contributed by atoms with E-state index in [1.165, 1.54) is 0 Å². The first-order chi connectivity index (χ1) is 14.8. The standard InChI is InChI=1S/C22H34N4O4.HI/c1-2-23-22(25-11-6-13-28-15-18-9-14-29-16-18)24-10-5-12-26-19-7-3-4-8-20(19)30-17-21(26)27;/h3-4,7-8,18H,2,5-6,9-17H2,1H3,(H2,23,24,25);1H. The predicted octanol–water partition coefficient (Wildman–Crippen LogP) is 2.42. The van der Waals surface area contributed by atoms with Crippen molar-refractivity contribution in [3.63, 3.8) is 0 Å². The Balaban J connectivity index is 0.00000341. The van der Waals surface area contributed by atoms with Gasteiger partial charge in [-0.15, -0.1) is 24.0 Å². The maximum atomic E-state index is 12.2. The van der Waals surface area contributed by atoms with Gasteiger partial charge in [-0.1, -0.05) is 12.1 Å². The van der Waals surface area contributed by atoms with Crippen LogP contribution in [0.3, 0.4) is 0 Å². The number of guanidine groups is 1. The van der Waals surface area contributed by atoms with Gasteiger partial charge in [-0.2, -0.15) is 0 Å². The minimum atomic E-state index is -0.00752. The summed E-state index contributed by atoms with van der Waals surface area (Å²) in [6.45, 7) is 8.25. The van der Waals surface area contributed by atoms with Crippen LogP contribution in [0.25, 0.3) is 0 Å². The number of nitrogens with one attached hydrogen (secondary N) is 2. The third-order valence-corrected chi connectivity index (χ3v) is 5.10. The first kappa shape index (κ1) is 25.7. The van der Waals surface area contributed by atoms with Gasteiger partial charge in [-0.3, -0.25) is 9.79 Å². The zero-order valence-electron chi connectivity index (χ0n) is 18.3. The van der Waals surface area contributed by atoms with Crippen LogP contribution in [-0.2, 0) is 14.3 Å². The van der Waals surface area contributed by atoms with Crippen LogP contribution < -0.4 is 20.3 Å². The highest BCUT2D eigenvalue weighted by Crippen LogP contribution is 2.31. The Bertz CT molecular complexity index is 698. The molecule has 2 aliphatic heterocycles. The quantitative estimate of drug-likeness (QED) is 0.192. The van der Waals surface area contributed by atoms with Crippen molar-refractivity contribution < 1.29 is 19.0 Å². The van der Waals surface area contributed by atoms with Gasteiger partial charge in [0, 0.05) is 45.3 Å². The molecule has 8 nitrogen and oxygen atoms in total. The van der Waals surface area contributed by atoms with E-state index >= 15 is 0 Å². The van der Waals surface area contributed by atoms with Crippen molar-refractivity contribution in [2.75, 3.05) is 64.1 Å². The molecule has 2 heterocycles. The van der Waals surface area contributed by atoms with Crippen LogP contribution in [0.4, 0.5) is 5.69 Å². The number of aliphatic imine (C=N–C) groups is 1. The zero-order valence-corrected chi connectivity index (χ0v) is 20.6. The topological polar surface area (TPSA) is 84.4 Å². The highest BCUT2D eigenvalue weighted by Gasteiger charge is 2.24. The van der Waals surface area contributed by atoms with Crippen molar-refractivity contribution in [2.24, 2.45) is 10.9 Å². The average molecular weight is 546 g/mol. The van der Waals surface area contributed by atoms with E-state index in [0.717, 1.165) is 76.2 Å². The normalized spacial score (nSPS) is 18.2. The van der Waals surface area contributed by atoms with Crippen LogP contribution in [0, 0.1) is 5.92 Å². The van der Waals surface area contributed by atoms with Gasteiger partial charge in [-0.25, -0.2) is 0 Å². The number of fused-ring (bicyclic) bond motifs is 1. The molecule has 174 valence electrons. The number of amides is 1. The Labute approximate surface area is 202 Å². The molecule has 0 aliphatic carbocycles. The second-order valence-corrected chi connectivity index (χ2v) is 7.50. The molecule has 1 unspecified atom stereocenters. The Morgan fingerprint density at radius 3 is 2.97 bits per heavy atom. The Morgan fingerprint density at radius 2 is 2.16 bits per heavy atom. The van der Waals surface area contributed by atoms with Gasteiger partial charge in [-0.05, 0) is 38.3 Å². The summed E-state index contributed by atoms with van der Waals surface area (Å²) in [6, 6.07) is 7.65. The lowest BCUT2D eigenvalue weighted by Gasteiger charge is -2.29. The fraction of sp³-hybridized carbons (Fsp3) is 0.636. The summed E-state index contributed by atoms with van der Waals surface area (Å²) in [5, 5.41) is 6.61. The van der Waals surface area contributed by atoms with Crippen LogP contribution >= 0.6 is 24.0 Å². The molecule has 2 N–H and O–H groups in total. The van der Waals surface area contributed by atoms with Crippen LogP contribution in [0.2, 0.25) is 0 Å². The lowest BCUT2D eigenvalue weighted by atomic mass is 10.1. The average Bonchev–Trinajstić information content (AvgIpc) is 3.28. The number of rotatable bonds is 11. The minimum absolute atomic E-state index is 0. The number of carbonyl (C=O) groups excluding carboxylic acids is 1. The van der Waals surface area contributed by atoms with Crippen molar-refractivity contribution >= 4 is 41.5 Å². The SMILES string of the molecule is CCNC(=NCCCN1C(=O)COc2ccccc21)NCCCOCC1CCOC1.I. The Kier molecular flexibility index (Phi) is 12.0. The molecule has 31 heavy (non-hydrogen) atoms. The molecule has 0 spiro atoms. The summed E-state index contributed by atoms with van der Waals surface area (Å²) in [7, 11) is 0. The molecule has 1 atom stereocenters. The number of para-hydroxylation sites is 2. The summed E-state index contributed by atoms with van der Waals surface area (Å²) in [6.07, 6.45) is 2.82. The number of anilines is 1. The summed E-state index contributed by atoms with van der Waals surface area (Å²) in [5.74, 6) is 2.11. The highest BCUT2D eigenvalue weighted by atomic mass is 127. The summed E-state index contributed by atoms with van der Waals surface area (Å²) in [5.41, 5.74) is 0.840. The van der Waals surface area contributed by atoms with E-state index in [9.17, 15) is 4.79 Å². The number of hydrogen-bond donors (Lipinski definition) is 2. The molecule has 0 bridgehead atoms. The molecular formula is C22H35IN4O4. The molecule has 2 aliphatic rings. The van der Waals surface area contributed by atoms with Gasteiger partial charge in [0.1, 0.15) is 5.75 Å². The summed E-state index contributed by atoms with van der Waals surface area (Å²) >= 11 is 0.